The fraction of sp³-hybridized carbons (Fsp3) is 0.933. The van der Waals surface area contributed by atoms with Crippen molar-refractivity contribution in [3.63, 3.8) is 0 Å². The molecule has 0 saturated carbocycles. The van der Waals surface area contributed by atoms with Crippen molar-refractivity contribution >= 4 is 5.91 Å². The van der Waals surface area contributed by atoms with Crippen LogP contribution in [-0.2, 0) is 4.79 Å². The Balaban J connectivity index is 3.85. The molecule has 0 fully saturated rings. The Morgan fingerprint density at radius 1 is 1.11 bits per heavy atom. The minimum atomic E-state index is -0.101. The molecule has 0 aliphatic rings. The van der Waals surface area contributed by atoms with E-state index in [2.05, 4.69) is 45.3 Å². The van der Waals surface area contributed by atoms with Gasteiger partial charge in [-0.3, -0.25) is 4.79 Å². The van der Waals surface area contributed by atoms with Crippen molar-refractivity contribution in [2.45, 2.75) is 72.9 Å². The molecule has 0 aliphatic carbocycles. The molecule has 2 N–H and O–H groups in total. The van der Waals surface area contributed by atoms with Gasteiger partial charge in [-0.1, -0.05) is 34.1 Å². The van der Waals surface area contributed by atoms with Crippen molar-refractivity contribution in [1.29, 1.82) is 0 Å². The maximum absolute atomic E-state index is 11.8. The predicted molar refractivity (Wildman–Crippen MR) is 78.6 cm³/mol. The van der Waals surface area contributed by atoms with E-state index in [0.29, 0.717) is 17.9 Å². The van der Waals surface area contributed by atoms with Crippen LogP contribution in [0.4, 0.5) is 0 Å². The molecular formula is C15H32N2O. The summed E-state index contributed by atoms with van der Waals surface area (Å²) in [6.07, 6.45) is 3.36. The Hall–Kier alpha value is -0.570. The number of hydrogen-bond donors (Lipinski definition) is 2. The highest BCUT2D eigenvalue weighted by Crippen LogP contribution is 2.09. The van der Waals surface area contributed by atoms with Gasteiger partial charge in [0.05, 0.1) is 6.04 Å². The smallest absolute Gasteiger partial charge is 0.236 e. The predicted octanol–water partition coefficient (Wildman–Crippen LogP) is 2.95. The summed E-state index contributed by atoms with van der Waals surface area (Å²) in [4.78, 5) is 11.8. The van der Waals surface area contributed by atoms with E-state index in [-0.39, 0.29) is 11.9 Å². The van der Waals surface area contributed by atoms with Crippen molar-refractivity contribution in [3.05, 3.63) is 0 Å². The number of hydrogen-bond acceptors (Lipinski definition) is 2. The lowest BCUT2D eigenvalue weighted by atomic mass is 10.00. The van der Waals surface area contributed by atoms with E-state index in [0.717, 1.165) is 19.4 Å². The van der Waals surface area contributed by atoms with Gasteiger partial charge in [0, 0.05) is 12.6 Å². The van der Waals surface area contributed by atoms with Crippen LogP contribution in [0.15, 0.2) is 0 Å². The van der Waals surface area contributed by atoms with Gasteiger partial charge in [0.15, 0.2) is 0 Å². The highest BCUT2D eigenvalue weighted by Gasteiger charge is 2.16. The second-order valence-corrected chi connectivity index (χ2v) is 6.01. The number of carbonyl (C=O) groups is 1. The van der Waals surface area contributed by atoms with Gasteiger partial charge in [-0.2, -0.15) is 0 Å². The second kappa shape index (κ2) is 9.37. The molecule has 3 unspecified atom stereocenters. The average molecular weight is 256 g/mol. The van der Waals surface area contributed by atoms with Crippen molar-refractivity contribution in [2.75, 3.05) is 6.54 Å². The molecule has 18 heavy (non-hydrogen) atoms. The molecule has 0 rings (SSSR count). The third kappa shape index (κ3) is 8.51. The van der Waals surface area contributed by atoms with Crippen LogP contribution in [0.25, 0.3) is 0 Å². The zero-order valence-electron chi connectivity index (χ0n) is 13.0. The zero-order chi connectivity index (χ0) is 14.1. The molecule has 108 valence electrons. The third-order valence-corrected chi connectivity index (χ3v) is 3.40. The monoisotopic (exact) mass is 256 g/mol. The van der Waals surface area contributed by atoms with Gasteiger partial charge >= 0.3 is 0 Å². The normalized spacial score (nSPS) is 16.4. The van der Waals surface area contributed by atoms with Crippen LogP contribution in [0.3, 0.4) is 0 Å². The van der Waals surface area contributed by atoms with Gasteiger partial charge in [-0.05, 0) is 38.5 Å². The SMILES string of the molecule is CCC(C)CC(C)NC(C)C(=O)NCCC(C)C. The molecule has 0 aromatic rings. The first-order chi connectivity index (χ1) is 8.36. The molecular weight excluding hydrogens is 224 g/mol. The third-order valence-electron chi connectivity index (χ3n) is 3.40. The minimum Gasteiger partial charge on any atom is -0.355 e. The molecule has 3 nitrogen and oxygen atoms in total. The molecule has 3 heteroatoms. The van der Waals surface area contributed by atoms with Crippen LogP contribution in [0, 0.1) is 11.8 Å². The maximum atomic E-state index is 11.8. The quantitative estimate of drug-likeness (QED) is 0.666. The second-order valence-electron chi connectivity index (χ2n) is 6.01. The van der Waals surface area contributed by atoms with Crippen LogP contribution in [0.2, 0.25) is 0 Å². The lowest BCUT2D eigenvalue weighted by molar-refractivity contribution is -0.123. The van der Waals surface area contributed by atoms with Gasteiger partial charge in [-0.15, -0.1) is 0 Å². The molecule has 0 aromatic carbocycles. The van der Waals surface area contributed by atoms with E-state index >= 15 is 0 Å². The molecule has 0 aromatic heterocycles. The Morgan fingerprint density at radius 3 is 2.22 bits per heavy atom. The Morgan fingerprint density at radius 2 is 1.72 bits per heavy atom. The van der Waals surface area contributed by atoms with Gasteiger partial charge in [0.1, 0.15) is 0 Å². The number of carbonyl (C=O) groups excluding carboxylic acids is 1. The van der Waals surface area contributed by atoms with E-state index in [1.165, 1.54) is 6.42 Å². The van der Waals surface area contributed by atoms with Gasteiger partial charge in [0.25, 0.3) is 0 Å². The standard InChI is InChI=1S/C15H32N2O/c1-7-12(4)10-13(5)17-14(6)15(18)16-9-8-11(2)3/h11-14,17H,7-10H2,1-6H3,(H,16,18). The minimum absolute atomic E-state index is 0.101. The lowest BCUT2D eigenvalue weighted by Crippen LogP contribution is -2.46. The van der Waals surface area contributed by atoms with E-state index < -0.39 is 0 Å². The van der Waals surface area contributed by atoms with Crippen LogP contribution >= 0.6 is 0 Å². The zero-order valence-corrected chi connectivity index (χ0v) is 13.0. The summed E-state index contributed by atoms with van der Waals surface area (Å²) >= 11 is 0. The molecule has 0 heterocycles. The maximum Gasteiger partial charge on any atom is 0.236 e. The molecule has 0 spiro atoms. The summed E-state index contributed by atoms with van der Waals surface area (Å²) in [5.74, 6) is 1.47. The van der Waals surface area contributed by atoms with Gasteiger partial charge in [0.2, 0.25) is 5.91 Å². The fourth-order valence-corrected chi connectivity index (χ4v) is 1.98. The molecule has 0 aliphatic heterocycles. The van der Waals surface area contributed by atoms with Crippen LogP contribution in [0.1, 0.15) is 60.8 Å². The highest BCUT2D eigenvalue weighted by atomic mass is 16.2. The summed E-state index contributed by atoms with van der Waals surface area (Å²) in [5, 5.41) is 6.36. The molecule has 1 amide bonds. The van der Waals surface area contributed by atoms with E-state index in [4.69, 9.17) is 0 Å². The topological polar surface area (TPSA) is 41.1 Å². The summed E-state index contributed by atoms with van der Waals surface area (Å²) in [6, 6.07) is 0.294. The van der Waals surface area contributed by atoms with Crippen molar-refractivity contribution < 1.29 is 4.79 Å². The van der Waals surface area contributed by atoms with Crippen LogP contribution in [0.5, 0.6) is 0 Å². The first kappa shape index (κ1) is 17.4. The molecule has 0 radical (unpaired) electrons. The summed E-state index contributed by atoms with van der Waals surface area (Å²) in [7, 11) is 0. The van der Waals surface area contributed by atoms with E-state index in [1.807, 2.05) is 6.92 Å². The lowest BCUT2D eigenvalue weighted by Gasteiger charge is -2.22. The van der Waals surface area contributed by atoms with Crippen molar-refractivity contribution in [2.24, 2.45) is 11.8 Å². The average Bonchev–Trinajstić information content (AvgIpc) is 2.27. The van der Waals surface area contributed by atoms with Crippen molar-refractivity contribution in [3.8, 4) is 0 Å². The number of rotatable bonds is 9. The van der Waals surface area contributed by atoms with Gasteiger partial charge < -0.3 is 10.6 Å². The summed E-state index contributed by atoms with van der Waals surface area (Å²) < 4.78 is 0. The van der Waals surface area contributed by atoms with Crippen LogP contribution in [-0.4, -0.2) is 24.5 Å². The first-order valence-corrected chi connectivity index (χ1v) is 7.40. The molecule has 0 bridgehead atoms. The first-order valence-electron chi connectivity index (χ1n) is 7.40. The molecule has 3 atom stereocenters. The highest BCUT2D eigenvalue weighted by molar-refractivity contribution is 5.81. The van der Waals surface area contributed by atoms with Crippen molar-refractivity contribution in [1.82, 2.24) is 10.6 Å². The fourth-order valence-electron chi connectivity index (χ4n) is 1.98. The largest absolute Gasteiger partial charge is 0.355 e. The van der Waals surface area contributed by atoms with E-state index in [9.17, 15) is 4.79 Å². The number of amides is 1. The Kier molecular flexibility index (Phi) is 9.08. The van der Waals surface area contributed by atoms with Gasteiger partial charge in [-0.25, -0.2) is 0 Å². The summed E-state index contributed by atoms with van der Waals surface area (Å²) in [5.41, 5.74) is 0. The summed E-state index contributed by atoms with van der Waals surface area (Å²) in [6.45, 7) is 13.7. The Labute approximate surface area is 113 Å². The molecule has 0 saturated heterocycles. The Bertz CT molecular complexity index is 229. The van der Waals surface area contributed by atoms with E-state index in [1.54, 1.807) is 0 Å². The van der Waals surface area contributed by atoms with Crippen LogP contribution < -0.4 is 10.6 Å². The number of nitrogens with one attached hydrogen (secondary N) is 2.